The van der Waals surface area contributed by atoms with Crippen LogP contribution in [-0.2, 0) is 13.1 Å². The molecule has 0 bridgehead atoms. The third kappa shape index (κ3) is 7.05. The van der Waals surface area contributed by atoms with Crippen LogP contribution in [0.4, 0.5) is 5.69 Å². The van der Waals surface area contributed by atoms with E-state index in [4.69, 9.17) is 9.47 Å². The number of nitrogens with zero attached hydrogens (tertiary/aromatic N) is 3. The smallest absolute Gasteiger partial charge is 0.257 e. The van der Waals surface area contributed by atoms with Crippen LogP contribution in [0.2, 0.25) is 0 Å². The number of aromatic nitrogens is 1. The third-order valence-corrected chi connectivity index (χ3v) is 6.12. The van der Waals surface area contributed by atoms with Gasteiger partial charge in [-0.05, 0) is 73.5 Å². The Balaban J connectivity index is 1.47. The highest BCUT2D eigenvalue weighted by Gasteiger charge is 2.13. The Labute approximate surface area is 212 Å². The highest BCUT2D eigenvalue weighted by atomic mass is 16.5. The van der Waals surface area contributed by atoms with Crippen LogP contribution in [0.5, 0.6) is 11.5 Å². The molecule has 0 spiro atoms. The number of ether oxygens (including phenoxy) is 2. The van der Waals surface area contributed by atoms with E-state index in [1.807, 2.05) is 42.5 Å². The van der Waals surface area contributed by atoms with Gasteiger partial charge >= 0.3 is 0 Å². The average molecular weight is 488 g/mol. The quantitative estimate of drug-likeness (QED) is 0.360. The van der Waals surface area contributed by atoms with Gasteiger partial charge in [0.15, 0.2) is 11.5 Å². The van der Waals surface area contributed by atoms with Crippen molar-refractivity contribution in [3.8, 4) is 11.5 Å². The zero-order valence-corrected chi connectivity index (χ0v) is 20.9. The number of carbonyl (C=O) groups excluding carboxylic acids is 1. The molecule has 1 aliphatic rings. The molecule has 2 N–H and O–H groups in total. The maximum absolute atomic E-state index is 13.1. The van der Waals surface area contributed by atoms with Crippen LogP contribution < -0.4 is 20.1 Å². The lowest BCUT2D eigenvalue weighted by atomic mass is 10.1. The molecule has 0 aliphatic carbocycles. The van der Waals surface area contributed by atoms with E-state index in [2.05, 4.69) is 25.5 Å². The second kappa shape index (κ2) is 12.7. The molecule has 2 heterocycles. The predicted octanol–water partition coefficient (Wildman–Crippen LogP) is 4.48. The van der Waals surface area contributed by atoms with E-state index in [-0.39, 0.29) is 5.91 Å². The molecule has 188 valence electrons. The molecule has 1 aliphatic heterocycles. The van der Waals surface area contributed by atoms with Gasteiger partial charge < -0.3 is 14.8 Å². The first-order valence-corrected chi connectivity index (χ1v) is 12.2. The Morgan fingerprint density at radius 1 is 0.917 bits per heavy atom. The minimum Gasteiger partial charge on any atom is -0.493 e. The average Bonchev–Trinajstić information content (AvgIpc) is 2.93. The first-order chi connectivity index (χ1) is 17.6. The Bertz CT molecular complexity index is 1160. The van der Waals surface area contributed by atoms with Gasteiger partial charge in [-0.25, -0.2) is 4.99 Å². The fourth-order valence-corrected chi connectivity index (χ4v) is 4.14. The van der Waals surface area contributed by atoms with Gasteiger partial charge in [0.1, 0.15) is 0 Å². The molecule has 36 heavy (non-hydrogen) atoms. The number of guanidine groups is 1. The lowest BCUT2D eigenvalue weighted by Crippen LogP contribution is -2.36. The summed E-state index contributed by atoms with van der Waals surface area (Å²) in [6, 6.07) is 17.0. The number of aliphatic imine (C=N–C) groups is 1. The summed E-state index contributed by atoms with van der Waals surface area (Å²) in [6.07, 6.45) is 7.27. The lowest BCUT2D eigenvalue weighted by molar-refractivity contribution is 0.0977. The Morgan fingerprint density at radius 2 is 1.64 bits per heavy atom. The van der Waals surface area contributed by atoms with Gasteiger partial charge in [0.2, 0.25) is 5.96 Å². The number of hydrogen-bond acceptors (Lipinski definition) is 6. The highest BCUT2D eigenvalue weighted by molar-refractivity contribution is 6.10. The monoisotopic (exact) mass is 487 g/mol. The van der Waals surface area contributed by atoms with Gasteiger partial charge in [-0.2, -0.15) is 0 Å². The summed E-state index contributed by atoms with van der Waals surface area (Å²) in [6.45, 7) is 3.58. The van der Waals surface area contributed by atoms with E-state index in [0.717, 1.165) is 25.2 Å². The number of benzene rings is 2. The zero-order valence-electron chi connectivity index (χ0n) is 20.9. The molecule has 8 nitrogen and oxygen atoms in total. The van der Waals surface area contributed by atoms with Gasteiger partial charge in [-0.3, -0.25) is 20.0 Å². The summed E-state index contributed by atoms with van der Waals surface area (Å²) in [5.41, 5.74) is 3.47. The number of carbonyl (C=O) groups is 1. The van der Waals surface area contributed by atoms with E-state index in [9.17, 15) is 4.79 Å². The normalized spacial score (nSPS) is 14.2. The van der Waals surface area contributed by atoms with Crippen molar-refractivity contribution in [1.29, 1.82) is 0 Å². The maximum atomic E-state index is 13.1. The van der Waals surface area contributed by atoms with Crippen LogP contribution in [0.3, 0.4) is 0 Å². The van der Waals surface area contributed by atoms with Crippen LogP contribution in [0, 0.1) is 0 Å². The first kappa shape index (κ1) is 25.2. The molecule has 0 atom stereocenters. The first-order valence-electron chi connectivity index (χ1n) is 12.2. The molecule has 1 aromatic heterocycles. The molecule has 0 radical (unpaired) electrons. The summed E-state index contributed by atoms with van der Waals surface area (Å²) in [5.74, 6) is 1.29. The molecule has 0 saturated carbocycles. The van der Waals surface area contributed by atoms with Crippen LogP contribution in [0.1, 0.15) is 40.7 Å². The van der Waals surface area contributed by atoms with E-state index < -0.39 is 0 Å². The minimum atomic E-state index is -0.235. The van der Waals surface area contributed by atoms with E-state index >= 15 is 0 Å². The molecular weight excluding hydrogens is 454 g/mol. The summed E-state index contributed by atoms with van der Waals surface area (Å²) < 4.78 is 10.7. The largest absolute Gasteiger partial charge is 0.493 e. The van der Waals surface area contributed by atoms with Crippen molar-refractivity contribution in [3.05, 3.63) is 83.7 Å². The second-order valence-electron chi connectivity index (χ2n) is 8.70. The topological polar surface area (TPSA) is 88.1 Å². The molecule has 1 saturated heterocycles. The zero-order chi connectivity index (χ0) is 25.2. The standard InChI is InChI=1S/C28H33N5O3/c1-35-25-11-10-24(18-26(25)36-2)31-28(30-19-21-12-14-29-15-13-21)32-27(34)23-8-6-22(7-9-23)20-33-16-4-3-5-17-33/h6-15,18H,3-5,16-17,19-20H2,1-2H3,(H2,30,31,32,34). The predicted molar refractivity (Wildman–Crippen MR) is 142 cm³/mol. The van der Waals surface area contributed by atoms with Gasteiger partial charge in [-0.15, -0.1) is 0 Å². The fraction of sp³-hybridized carbons (Fsp3) is 0.321. The Kier molecular flexibility index (Phi) is 8.88. The van der Waals surface area contributed by atoms with Crippen molar-refractivity contribution >= 4 is 17.6 Å². The van der Waals surface area contributed by atoms with E-state index in [0.29, 0.717) is 35.3 Å². The van der Waals surface area contributed by atoms with Crippen LogP contribution in [0.25, 0.3) is 0 Å². The number of amides is 1. The molecular formula is C28H33N5O3. The molecule has 3 aromatic rings. The van der Waals surface area contributed by atoms with Gasteiger partial charge in [0.25, 0.3) is 5.91 Å². The van der Waals surface area contributed by atoms with Crippen molar-refractivity contribution in [2.75, 3.05) is 32.6 Å². The lowest BCUT2D eigenvalue weighted by Gasteiger charge is -2.26. The molecule has 8 heteroatoms. The number of pyridine rings is 1. The molecule has 0 unspecified atom stereocenters. The second-order valence-corrected chi connectivity index (χ2v) is 8.70. The summed E-state index contributed by atoms with van der Waals surface area (Å²) in [7, 11) is 3.17. The van der Waals surface area contributed by atoms with Crippen LogP contribution in [-0.4, -0.2) is 49.1 Å². The minimum absolute atomic E-state index is 0.235. The summed E-state index contributed by atoms with van der Waals surface area (Å²) in [4.78, 5) is 24.2. The fourth-order valence-electron chi connectivity index (χ4n) is 4.14. The number of nitrogens with one attached hydrogen (secondary N) is 2. The maximum Gasteiger partial charge on any atom is 0.257 e. The Hall–Kier alpha value is -3.91. The Morgan fingerprint density at radius 3 is 2.33 bits per heavy atom. The number of anilines is 1. The van der Waals surface area contributed by atoms with Crippen molar-refractivity contribution in [1.82, 2.24) is 15.2 Å². The summed E-state index contributed by atoms with van der Waals surface area (Å²) in [5, 5.41) is 6.12. The van der Waals surface area contributed by atoms with Gasteiger partial charge in [-0.1, -0.05) is 18.6 Å². The molecule has 1 amide bonds. The van der Waals surface area contributed by atoms with Crippen molar-refractivity contribution in [3.63, 3.8) is 0 Å². The van der Waals surface area contributed by atoms with Crippen molar-refractivity contribution < 1.29 is 14.3 Å². The SMILES string of the molecule is COc1ccc(NC(=NCc2ccncc2)NC(=O)c2ccc(CN3CCCCC3)cc2)cc1OC. The third-order valence-electron chi connectivity index (χ3n) is 6.12. The van der Waals surface area contributed by atoms with E-state index in [1.165, 1.54) is 24.8 Å². The number of piperidine rings is 1. The van der Waals surface area contributed by atoms with Gasteiger partial charge in [0, 0.05) is 36.3 Å². The molecule has 1 fully saturated rings. The van der Waals surface area contributed by atoms with Crippen molar-refractivity contribution in [2.45, 2.75) is 32.4 Å². The number of hydrogen-bond donors (Lipinski definition) is 2. The molecule has 4 rings (SSSR count). The summed E-state index contributed by atoms with van der Waals surface area (Å²) >= 11 is 0. The number of rotatable bonds is 8. The van der Waals surface area contributed by atoms with Gasteiger partial charge in [0.05, 0.1) is 20.8 Å². The number of methoxy groups -OCH3 is 2. The van der Waals surface area contributed by atoms with Crippen molar-refractivity contribution in [2.24, 2.45) is 4.99 Å². The van der Waals surface area contributed by atoms with Crippen LogP contribution >= 0.6 is 0 Å². The molecule has 2 aromatic carbocycles. The van der Waals surface area contributed by atoms with Crippen LogP contribution in [0.15, 0.2) is 72.0 Å². The highest BCUT2D eigenvalue weighted by Crippen LogP contribution is 2.29. The number of likely N-dealkylation sites (tertiary alicyclic amines) is 1. The van der Waals surface area contributed by atoms with E-state index in [1.54, 1.807) is 38.7 Å².